The fourth-order valence-electron chi connectivity index (χ4n) is 2.86. The average Bonchev–Trinajstić information content (AvgIpc) is 3.00. The lowest BCUT2D eigenvalue weighted by molar-refractivity contribution is 0.156. The Bertz CT molecular complexity index is 285. The first kappa shape index (κ1) is 13.7. The van der Waals surface area contributed by atoms with Gasteiger partial charge in [-0.25, -0.2) is 0 Å². The second-order valence-electron chi connectivity index (χ2n) is 5.56. The van der Waals surface area contributed by atoms with Crippen molar-refractivity contribution in [3.63, 3.8) is 0 Å². The number of nitrogens with one attached hydrogen (secondary N) is 1. The molecule has 0 saturated carbocycles. The van der Waals surface area contributed by atoms with Crippen LogP contribution in [0.2, 0.25) is 0 Å². The molecule has 1 unspecified atom stereocenters. The van der Waals surface area contributed by atoms with E-state index in [0.717, 1.165) is 45.4 Å². The standard InChI is InChI=1S/C14H27N3O/c1-3-5-8-16-13(15-4-2)17-9-6-14(11-17)7-10-18-12-14/h3-12H2,1-2H3,(H,15,16). The fraction of sp³-hybridized carbons (Fsp3) is 0.929. The van der Waals surface area contributed by atoms with Gasteiger partial charge in [0.2, 0.25) is 0 Å². The number of guanidine groups is 1. The highest BCUT2D eigenvalue weighted by Crippen LogP contribution is 2.38. The number of rotatable bonds is 4. The third-order valence-corrected chi connectivity index (χ3v) is 4.03. The first-order valence-corrected chi connectivity index (χ1v) is 7.41. The molecule has 0 aliphatic carbocycles. The largest absolute Gasteiger partial charge is 0.381 e. The van der Waals surface area contributed by atoms with Crippen LogP contribution < -0.4 is 5.32 Å². The summed E-state index contributed by atoms with van der Waals surface area (Å²) in [7, 11) is 0. The van der Waals surface area contributed by atoms with E-state index in [4.69, 9.17) is 9.73 Å². The molecular formula is C14H27N3O. The lowest BCUT2D eigenvalue weighted by atomic mass is 9.87. The van der Waals surface area contributed by atoms with Gasteiger partial charge in [-0.15, -0.1) is 0 Å². The highest BCUT2D eigenvalue weighted by molar-refractivity contribution is 5.80. The van der Waals surface area contributed by atoms with Gasteiger partial charge in [0.1, 0.15) is 0 Å². The van der Waals surface area contributed by atoms with E-state index in [1.165, 1.54) is 25.7 Å². The summed E-state index contributed by atoms with van der Waals surface area (Å²) in [6, 6.07) is 0. The smallest absolute Gasteiger partial charge is 0.193 e. The highest BCUT2D eigenvalue weighted by atomic mass is 16.5. The van der Waals surface area contributed by atoms with Gasteiger partial charge in [0.25, 0.3) is 0 Å². The predicted molar refractivity (Wildman–Crippen MR) is 74.9 cm³/mol. The maximum absolute atomic E-state index is 5.58. The Morgan fingerprint density at radius 1 is 1.39 bits per heavy atom. The van der Waals surface area contributed by atoms with Gasteiger partial charge in [-0.1, -0.05) is 13.3 Å². The molecule has 18 heavy (non-hydrogen) atoms. The van der Waals surface area contributed by atoms with Crippen molar-refractivity contribution < 1.29 is 4.74 Å². The van der Waals surface area contributed by atoms with Gasteiger partial charge in [-0.3, -0.25) is 4.99 Å². The molecule has 104 valence electrons. The first-order valence-electron chi connectivity index (χ1n) is 7.41. The SMILES string of the molecule is CCCCN=C(NCC)N1CCC2(CCOC2)C1. The van der Waals surface area contributed by atoms with E-state index >= 15 is 0 Å². The minimum Gasteiger partial charge on any atom is -0.381 e. The van der Waals surface area contributed by atoms with Gasteiger partial charge < -0.3 is 15.0 Å². The molecule has 0 aromatic rings. The Hall–Kier alpha value is -0.770. The summed E-state index contributed by atoms with van der Waals surface area (Å²) in [5.74, 6) is 1.11. The molecule has 2 aliphatic rings. The van der Waals surface area contributed by atoms with Crippen molar-refractivity contribution in [2.45, 2.75) is 39.5 Å². The van der Waals surface area contributed by atoms with Crippen LogP contribution in [0.15, 0.2) is 4.99 Å². The third kappa shape index (κ3) is 3.16. The van der Waals surface area contributed by atoms with Crippen LogP contribution in [-0.2, 0) is 4.74 Å². The summed E-state index contributed by atoms with van der Waals surface area (Å²) < 4.78 is 5.58. The number of nitrogens with zero attached hydrogens (tertiary/aromatic N) is 2. The molecule has 1 atom stereocenters. The van der Waals surface area contributed by atoms with E-state index < -0.39 is 0 Å². The number of hydrogen-bond acceptors (Lipinski definition) is 2. The average molecular weight is 253 g/mol. The number of hydrogen-bond donors (Lipinski definition) is 1. The summed E-state index contributed by atoms with van der Waals surface area (Å²) >= 11 is 0. The Balaban J connectivity index is 1.92. The molecule has 0 aromatic carbocycles. The Kier molecular flexibility index (Phi) is 4.87. The molecule has 2 rings (SSSR count). The molecule has 0 amide bonds. The lowest BCUT2D eigenvalue weighted by Crippen LogP contribution is -2.41. The third-order valence-electron chi connectivity index (χ3n) is 4.03. The summed E-state index contributed by atoms with van der Waals surface area (Å²) in [6.45, 7) is 10.4. The minimum absolute atomic E-state index is 0.418. The van der Waals surface area contributed by atoms with Crippen LogP contribution in [0.3, 0.4) is 0 Å². The van der Waals surface area contributed by atoms with Crippen LogP contribution in [-0.4, -0.2) is 50.3 Å². The maximum atomic E-state index is 5.58. The Morgan fingerprint density at radius 3 is 2.94 bits per heavy atom. The molecule has 4 heteroatoms. The van der Waals surface area contributed by atoms with Crippen LogP contribution in [0.5, 0.6) is 0 Å². The van der Waals surface area contributed by atoms with E-state index in [-0.39, 0.29) is 0 Å². The molecule has 1 N–H and O–H groups in total. The van der Waals surface area contributed by atoms with Gasteiger partial charge in [-0.2, -0.15) is 0 Å². The molecule has 0 aromatic heterocycles. The van der Waals surface area contributed by atoms with E-state index in [1.807, 2.05) is 0 Å². The second kappa shape index (κ2) is 6.41. The van der Waals surface area contributed by atoms with Crippen LogP contribution in [0.25, 0.3) is 0 Å². The molecule has 1 spiro atoms. The topological polar surface area (TPSA) is 36.9 Å². The van der Waals surface area contributed by atoms with E-state index in [0.29, 0.717) is 5.41 Å². The van der Waals surface area contributed by atoms with Crippen molar-refractivity contribution in [3.8, 4) is 0 Å². The zero-order valence-electron chi connectivity index (χ0n) is 11.9. The Labute approximate surface area is 111 Å². The van der Waals surface area contributed by atoms with Crippen LogP contribution in [0, 0.1) is 5.41 Å². The Morgan fingerprint density at radius 2 is 2.28 bits per heavy atom. The van der Waals surface area contributed by atoms with Crippen molar-refractivity contribution in [2.75, 3.05) is 39.4 Å². The van der Waals surface area contributed by atoms with Gasteiger partial charge in [-0.05, 0) is 26.2 Å². The molecule has 2 fully saturated rings. The molecule has 2 heterocycles. The van der Waals surface area contributed by atoms with Crippen molar-refractivity contribution in [1.82, 2.24) is 10.2 Å². The monoisotopic (exact) mass is 253 g/mol. The summed E-state index contributed by atoms with van der Waals surface area (Å²) in [6.07, 6.45) is 4.86. The van der Waals surface area contributed by atoms with E-state index in [2.05, 4.69) is 24.1 Å². The van der Waals surface area contributed by atoms with Crippen molar-refractivity contribution in [1.29, 1.82) is 0 Å². The van der Waals surface area contributed by atoms with Crippen molar-refractivity contribution in [3.05, 3.63) is 0 Å². The van der Waals surface area contributed by atoms with Crippen molar-refractivity contribution >= 4 is 5.96 Å². The van der Waals surface area contributed by atoms with E-state index in [9.17, 15) is 0 Å². The predicted octanol–water partition coefficient (Wildman–Crippen LogP) is 1.86. The summed E-state index contributed by atoms with van der Waals surface area (Å²) in [4.78, 5) is 7.15. The molecule has 0 bridgehead atoms. The maximum Gasteiger partial charge on any atom is 0.193 e. The van der Waals surface area contributed by atoms with Gasteiger partial charge in [0.05, 0.1) is 6.61 Å². The second-order valence-corrected chi connectivity index (χ2v) is 5.56. The molecular weight excluding hydrogens is 226 g/mol. The van der Waals surface area contributed by atoms with Crippen LogP contribution >= 0.6 is 0 Å². The zero-order chi connectivity index (χ0) is 12.8. The van der Waals surface area contributed by atoms with Crippen LogP contribution in [0.1, 0.15) is 39.5 Å². The molecule has 4 nitrogen and oxygen atoms in total. The minimum atomic E-state index is 0.418. The molecule has 2 aliphatic heterocycles. The number of unbranched alkanes of at least 4 members (excludes halogenated alkanes) is 1. The zero-order valence-corrected chi connectivity index (χ0v) is 11.9. The summed E-state index contributed by atoms with van der Waals surface area (Å²) in [5, 5.41) is 3.42. The van der Waals surface area contributed by atoms with Crippen molar-refractivity contribution in [2.24, 2.45) is 10.4 Å². The van der Waals surface area contributed by atoms with Gasteiger partial charge >= 0.3 is 0 Å². The molecule has 0 radical (unpaired) electrons. The first-order chi connectivity index (χ1) is 8.79. The van der Waals surface area contributed by atoms with Gasteiger partial charge in [0.15, 0.2) is 5.96 Å². The number of likely N-dealkylation sites (tertiary alicyclic amines) is 1. The lowest BCUT2D eigenvalue weighted by Gasteiger charge is -2.24. The van der Waals surface area contributed by atoms with Crippen LogP contribution in [0.4, 0.5) is 0 Å². The summed E-state index contributed by atoms with van der Waals surface area (Å²) in [5.41, 5.74) is 0.418. The quantitative estimate of drug-likeness (QED) is 0.472. The van der Waals surface area contributed by atoms with Gasteiger partial charge in [0, 0.05) is 38.2 Å². The number of ether oxygens (including phenoxy) is 1. The fourth-order valence-corrected chi connectivity index (χ4v) is 2.86. The number of aliphatic imine (C=N–C) groups is 1. The normalized spacial score (nSPS) is 28.3. The molecule has 2 saturated heterocycles. The highest BCUT2D eigenvalue weighted by Gasteiger charge is 2.42. The van der Waals surface area contributed by atoms with E-state index in [1.54, 1.807) is 0 Å².